The van der Waals surface area contributed by atoms with Gasteiger partial charge in [0.05, 0.1) is 0 Å². The van der Waals surface area contributed by atoms with Crippen LogP contribution in [0.1, 0.15) is 11.5 Å². The summed E-state index contributed by atoms with van der Waals surface area (Å²) in [5.41, 5.74) is 9.43. The van der Waals surface area contributed by atoms with E-state index in [9.17, 15) is 0 Å². The Morgan fingerprint density at radius 2 is 1.17 bits per heavy atom. The number of fused-ring (bicyclic) bond motifs is 9. The van der Waals surface area contributed by atoms with Crippen molar-refractivity contribution in [1.29, 1.82) is 0 Å². The second-order valence-corrected chi connectivity index (χ2v) is 15.8. The second kappa shape index (κ2) is 10.6. The summed E-state index contributed by atoms with van der Waals surface area (Å²) in [6, 6.07) is 38.8. The van der Waals surface area contributed by atoms with E-state index in [0.717, 1.165) is 0 Å². The molecule has 3 unspecified atom stereocenters. The van der Waals surface area contributed by atoms with Gasteiger partial charge in [-0.2, -0.15) is 0 Å². The molecule has 0 radical (unpaired) electrons. The van der Waals surface area contributed by atoms with Crippen LogP contribution in [0.25, 0.3) is 62.6 Å². The fourth-order valence-corrected chi connectivity index (χ4v) is 11.5. The van der Waals surface area contributed by atoms with Crippen molar-refractivity contribution in [2.24, 2.45) is 0 Å². The van der Waals surface area contributed by atoms with Gasteiger partial charge in [-0.25, -0.2) is 0 Å². The van der Waals surface area contributed by atoms with Crippen molar-refractivity contribution in [1.82, 2.24) is 0 Å². The predicted octanol–water partition coefficient (Wildman–Crippen LogP) is 12.9. The van der Waals surface area contributed by atoms with Gasteiger partial charge in [-0.3, -0.25) is 0 Å². The maximum absolute atomic E-state index is 2.49. The van der Waals surface area contributed by atoms with E-state index in [0.29, 0.717) is 10.5 Å². The second-order valence-electron chi connectivity index (χ2n) is 12.3. The molecule has 46 heavy (non-hydrogen) atoms. The summed E-state index contributed by atoms with van der Waals surface area (Å²) in [4.78, 5) is 0. The quantitative estimate of drug-likeness (QED) is 0.185. The van der Waals surface area contributed by atoms with Crippen molar-refractivity contribution in [2.75, 3.05) is 0 Å². The molecule has 7 aromatic rings. The molecule has 2 aliphatic carbocycles. The Bertz CT molecular complexity index is 2400. The zero-order chi connectivity index (χ0) is 30.2. The third kappa shape index (κ3) is 4.19. The van der Waals surface area contributed by atoms with Crippen LogP contribution in [0.3, 0.4) is 0 Å². The first-order chi connectivity index (χ1) is 22.8. The van der Waals surface area contributed by atoms with Crippen molar-refractivity contribution in [3.8, 4) is 22.3 Å². The van der Waals surface area contributed by atoms with Crippen LogP contribution in [0.4, 0.5) is 0 Å². The van der Waals surface area contributed by atoms with Gasteiger partial charge in [-0.1, -0.05) is 134 Å². The number of hydrogen-bond donors (Lipinski definition) is 0. The van der Waals surface area contributed by atoms with Gasteiger partial charge in [0.25, 0.3) is 0 Å². The number of hydrogen-bond acceptors (Lipinski definition) is 3. The fourth-order valence-electron chi connectivity index (χ4n) is 7.54. The number of allylic oxidation sites excluding steroid dienone is 7. The highest BCUT2D eigenvalue weighted by Gasteiger charge is 2.34. The van der Waals surface area contributed by atoms with Crippen LogP contribution in [-0.2, 0) is 0 Å². The smallest absolute Gasteiger partial charge is 0.0433 e. The van der Waals surface area contributed by atoms with E-state index in [1.807, 2.05) is 22.7 Å². The van der Waals surface area contributed by atoms with Gasteiger partial charge in [-0.05, 0) is 57.2 Å². The van der Waals surface area contributed by atoms with E-state index in [1.54, 1.807) is 0 Å². The Morgan fingerprint density at radius 3 is 1.85 bits per heavy atom. The topological polar surface area (TPSA) is 0 Å². The van der Waals surface area contributed by atoms with Gasteiger partial charge >= 0.3 is 0 Å². The normalized spacial score (nSPS) is 20.3. The molecule has 3 aliphatic rings. The summed E-state index contributed by atoms with van der Waals surface area (Å²) >= 11 is 5.91. The van der Waals surface area contributed by atoms with Crippen molar-refractivity contribution >= 4 is 74.8 Å². The molecule has 0 amide bonds. The fraction of sp³-hybridized carbons (Fsp3) is 0.0698. The minimum Gasteiger partial charge on any atom is -0.141 e. The summed E-state index contributed by atoms with van der Waals surface area (Å²) in [6.45, 7) is 0. The number of rotatable bonds is 3. The molecule has 0 fully saturated rings. The lowest BCUT2D eigenvalue weighted by Gasteiger charge is -2.35. The Morgan fingerprint density at radius 1 is 0.543 bits per heavy atom. The minimum atomic E-state index is 0.276. The standard InChI is InChI=1S/C43H28S3/c1-2-11-30-25-26(10-1)31-14-7-15-32(41(31)44-30)27-22-28(33-16-8-18-37-35-12-3-5-20-39(35)45-42(33)37)24-29(23-27)34-17-9-19-38-36-13-4-6-21-40(36)46-43(34)38/h1-25,30,32,41H. The lowest BCUT2D eigenvalue weighted by molar-refractivity contribution is 0.833. The first-order valence-corrected chi connectivity index (χ1v) is 18.4. The molecule has 0 saturated carbocycles. The van der Waals surface area contributed by atoms with Crippen LogP contribution in [-0.4, -0.2) is 10.5 Å². The van der Waals surface area contributed by atoms with Crippen LogP contribution in [0, 0.1) is 0 Å². The van der Waals surface area contributed by atoms with Gasteiger partial charge in [0.15, 0.2) is 0 Å². The molecule has 5 aromatic carbocycles. The maximum Gasteiger partial charge on any atom is 0.0433 e. The van der Waals surface area contributed by atoms with Crippen molar-refractivity contribution in [3.63, 3.8) is 0 Å². The lowest BCUT2D eigenvalue weighted by Crippen LogP contribution is -2.25. The highest BCUT2D eigenvalue weighted by molar-refractivity contribution is 8.01. The van der Waals surface area contributed by atoms with Gasteiger partial charge in [0, 0.05) is 56.8 Å². The number of thioether (sulfide) groups is 1. The Balaban J connectivity index is 1.21. The third-order valence-corrected chi connectivity index (χ3v) is 13.6. The molecule has 3 heteroatoms. The van der Waals surface area contributed by atoms with E-state index in [2.05, 4.69) is 163 Å². The molecular formula is C43H28S3. The number of thiophene rings is 2. The average Bonchev–Trinajstić information content (AvgIpc) is 3.62. The third-order valence-electron chi connectivity index (χ3n) is 9.67. The molecule has 3 heterocycles. The van der Waals surface area contributed by atoms with Crippen molar-refractivity contribution in [2.45, 2.75) is 16.4 Å². The largest absolute Gasteiger partial charge is 0.141 e. The zero-order valence-electron chi connectivity index (χ0n) is 24.9. The summed E-state index contributed by atoms with van der Waals surface area (Å²) in [6.07, 6.45) is 18.5. The first-order valence-electron chi connectivity index (χ1n) is 15.9. The van der Waals surface area contributed by atoms with E-state index < -0.39 is 0 Å². The summed E-state index contributed by atoms with van der Waals surface area (Å²) in [5.74, 6) is 0.276. The first kappa shape index (κ1) is 26.8. The van der Waals surface area contributed by atoms with E-state index >= 15 is 0 Å². The molecule has 0 spiro atoms. The molecule has 0 nitrogen and oxygen atoms in total. The van der Waals surface area contributed by atoms with Crippen LogP contribution < -0.4 is 0 Å². The monoisotopic (exact) mass is 640 g/mol. The van der Waals surface area contributed by atoms with E-state index in [1.165, 1.54) is 79.3 Å². The number of benzene rings is 5. The minimum absolute atomic E-state index is 0.276. The summed E-state index contributed by atoms with van der Waals surface area (Å²) < 4.78 is 5.42. The van der Waals surface area contributed by atoms with Gasteiger partial charge < -0.3 is 0 Å². The molecule has 0 saturated heterocycles. The van der Waals surface area contributed by atoms with E-state index in [4.69, 9.17) is 0 Å². The van der Waals surface area contributed by atoms with Gasteiger partial charge in [0.2, 0.25) is 0 Å². The SMILES string of the molecule is C1=CC2=CC(C=C1)SC1C2=CC=CC1c1cc(-c2cccc3c2sc2ccccc23)cc(-c2cccc3c2sc2ccccc23)c1. The molecular weight excluding hydrogens is 613 g/mol. The van der Waals surface area contributed by atoms with Crippen LogP contribution in [0.15, 0.2) is 163 Å². The molecule has 10 rings (SSSR count). The van der Waals surface area contributed by atoms with Crippen LogP contribution in [0.5, 0.6) is 0 Å². The van der Waals surface area contributed by atoms with Crippen molar-refractivity contribution in [3.05, 3.63) is 168 Å². The van der Waals surface area contributed by atoms with Crippen molar-refractivity contribution < 1.29 is 0 Å². The average molecular weight is 641 g/mol. The molecule has 218 valence electrons. The molecule has 2 aromatic heterocycles. The Kier molecular flexibility index (Phi) is 6.15. The van der Waals surface area contributed by atoms with E-state index in [-0.39, 0.29) is 5.92 Å². The molecule has 1 aliphatic heterocycles. The molecule has 0 N–H and O–H groups in total. The van der Waals surface area contributed by atoms with Crippen LogP contribution >= 0.6 is 34.4 Å². The highest BCUT2D eigenvalue weighted by Crippen LogP contribution is 2.49. The summed E-state index contributed by atoms with van der Waals surface area (Å²) in [7, 11) is 0. The highest BCUT2D eigenvalue weighted by atomic mass is 32.2. The maximum atomic E-state index is 2.49. The zero-order valence-corrected chi connectivity index (χ0v) is 27.3. The van der Waals surface area contributed by atoms with Gasteiger partial charge in [0.1, 0.15) is 0 Å². The summed E-state index contributed by atoms with van der Waals surface area (Å²) in [5, 5.41) is 6.13. The lowest BCUT2D eigenvalue weighted by atomic mass is 9.82. The van der Waals surface area contributed by atoms with Gasteiger partial charge in [-0.15, -0.1) is 34.4 Å². The van der Waals surface area contributed by atoms with Crippen LogP contribution in [0.2, 0.25) is 0 Å². The molecule has 2 bridgehead atoms. The predicted molar refractivity (Wildman–Crippen MR) is 205 cm³/mol. The Hall–Kier alpha value is -4.41. The molecule has 3 atom stereocenters. The Labute approximate surface area is 280 Å².